The molecule has 0 spiro atoms. The summed E-state index contributed by atoms with van der Waals surface area (Å²) in [5.41, 5.74) is 3.32. The van der Waals surface area contributed by atoms with E-state index >= 15 is 0 Å². The number of amides is 1. The number of anilines is 1. The van der Waals surface area contributed by atoms with Gasteiger partial charge in [0, 0.05) is 56.4 Å². The summed E-state index contributed by atoms with van der Waals surface area (Å²) >= 11 is 0. The lowest BCUT2D eigenvalue weighted by Crippen LogP contribution is -2.48. The van der Waals surface area contributed by atoms with E-state index < -0.39 is 0 Å². The van der Waals surface area contributed by atoms with Crippen LogP contribution in [0.1, 0.15) is 34.7 Å². The van der Waals surface area contributed by atoms with E-state index in [2.05, 4.69) is 27.3 Å². The molecule has 26 heavy (non-hydrogen) atoms. The summed E-state index contributed by atoms with van der Waals surface area (Å²) in [6.45, 7) is 5.41. The molecular formula is C21H26N4O. The van der Waals surface area contributed by atoms with E-state index in [1.165, 1.54) is 24.1 Å². The van der Waals surface area contributed by atoms with Crippen LogP contribution in [0.5, 0.6) is 0 Å². The summed E-state index contributed by atoms with van der Waals surface area (Å²) in [5.74, 6) is 0.726. The zero-order valence-corrected chi connectivity index (χ0v) is 15.1. The average Bonchev–Trinajstić information content (AvgIpc) is 2.75. The quantitative estimate of drug-likeness (QED) is 0.924. The van der Waals surface area contributed by atoms with Crippen LogP contribution >= 0.6 is 0 Å². The van der Waals surface area contributed by atoms with Gasteiger partial charge >= 0.3 is 0 Å². The van der Waals surface area contributed by atoms with E-state index in [1.54, 1.807) is 0 Å². The van der Waals surface area contributed by atoms with Gasteiger partial charge in [0.15, 0.2) is 0 Å². The molecule has 0 radical (unpaired) electrons. The van der Waals surface area contributed by atoms with Gasteiger partial charge in [0.2, 0.25) is 0 Å². The third-order valence-corrected chi connectivity index (χ3v) is 5.52. The normalized spacial score (nSPS) is 20.8. The lowest BCUT2D eigenvalue weighted by Gasteiger charge is -2.36. The zero-order valence-electron chi connectivity index (χ0n) is 15.1. The Morgan fingerprint density at radius 2 is 1.73 bits per heavy atom. The van der Waals surface area contributed by atoms with E-state index in [0.29, 0.717) is 5.92 Å². The zero-order chi connectivity index (χ0) is 17.8. The number of benzene rings is 1. The molecule has 3 heterocycles. The van der Waals surface area contributed by atoms with Crippen LogP contribution in [-0.4, -0.2) is 55.1 Å². The summed E-state index contributed by atoms with van der Waals surface area (Å²) in [6.07, 6.45) is 6.09. The van der Waals surface area contributed by atoms with Gasteiger partial charge in [-0.05, 0) is 55.1 Å². The maximum Gasteiger partial charge on any atom is 0.253 e. The third kappa shape index (κ3) is 3.73. The second kappa shape index (κ2) is 7.87. The van der Waals surface area contributed by atoms with Gasteiger partial charge < -0.3 is 15.1 Å². The molecule has 2 aliphatic heterocycles. The molecule has 0 unspecified atom stereocenters. The minimum Gasteiger partial charge on any atom is -0.368 e. The Balaban J connectivity index is 1.36. The minimum atomic E-state index is 0.146. The van der Waals surface area contributed by atoms with Crippen molar-refractivity contribution in [2.75, 3.05) is 44.2 Å². The molecule has 1 amide bonds. The van der Waals surface area contributed by atoms with E-state index in [1.807, 2.05) is 41.6 Å². The summed E-state index contributed by atoms with van der Waals surface area (Å²) in [4.78, 5) is 21.2. The molecule has 4 rings (SSSR count). The SMILES string of the molecule is O=C(c1ccc([C@H]2CCCNC2)cc1)N1CCN(c2ccncc2)CC1. The van der Waals surface area contributed by atoms with Crippen molar-refractivity contribution >= 4 is 11.6 Å². The Bertz CT molecular complexity index is 717. The Kier molecular flexibility index (Phi) is 5.16. The summed E-state index contributed by atoms with van der Waals surface area (Å²) in [5, 5.41) is 3.46. The number of nitrogens with one attached hydrogen (secondary N) is 1. The van der Waals surface area contributed by atoms with Crippen LogP contribution in [0.15, 0.2) is 48.8 Å². The highest BCUT2D eigenvalue weighted by Crippen LogP contribution is 2.24. The van der Waals surface area contributed by atoms with Crippen molar-refractivity contribution in [1.29, 1.82) is 0 Å². The first-order valence-corrected chi connectivity index (χ1v) is 9.56. The maximum atomic E-state index is 12.8. The predicted molar refractivity (Wildman–Crippen MR) is 104 cm³/mol. The molecule has 1 aromatic heterocycles. The minimum absolute atomic E-state index is 0.146. The lowest BCUT2D eigenvalue weighted by molar-refractivity contribution is 0.0747. The van der Waals surface area contributed by atoms with Crippen LogP contribution in [0.25, 0.3) is 0 Å². The highest BCUT2D eigenvalue weighted by molar-refractivity contribution is 5.94. The molecule has 0 bridgehead atoms. The van der Waals surface area contributed by atoms with Crippen LogP contribution < -0.4 is 10.2 Å². The Labute approximate surface area is 155 Å². The number of piperidine rings is 1. The molecule has 2 saturated heterocycles. The first-order valence-electron chi connectivity index (χ1n) is 9.56. The van der Waals surface area contributed by atoms with E-state index in [4.69, 9.17) is 0 Å². The van der Waals surface area contributed by atoms with Crippen LogP contribution in [-0.2, 0) is 0 Å². The van der Waals surface area contributed by atoms with E-state index in [-0.39, 0.29) is 5.91 Å². The molecule has 1 aromatic carbocycles. The number of pyridine rings is 1. The Morgan fingerprint density at radius 3 is 2.38 bits per heavy atom. The third-order valence-electron chi connectivity index (χ3n) is 5.52. The molecule has 5 heteroatoms. The highest BCUT2D eigenvalue weighted by atomic mass is 16.2. The van der Waals surface area contributed by atoms with E-state index in [0.717, 1.165) is 44.8 Å². The topological polar surface area (TPSA) is 48.5 Å². The Hall–Kier alpha value is -2.40. The molecule has 5 nitrogen and oxygen atoms in total. The Morgan fingerprint density at radius 1 is 1.00 bits per heavy atom. The molecule has 2 aliphatic rings. The second-order valence-electron chi connectivity index (χ2n) is 7.15. The van der Waals surface area contributed by atoms with Crippen LogP contribution in [0.3, 0.4) is 0 Å². The average molecular weight is 350 g/mol. The van der Waals surface area contributed by atoms with Crippen molar-refractivity contribution in [3.05, 3.63) is 59.9 Å². The number of carbonyl (C=O) groups is 1. The first kappa shape index (κ1) is 17.0. The number of rotatable bonds is 3. The number of aromatic nitrogens is 1. The molecule has 0 aliphatic carbocycles. The van der Waals surface area contributed by atoms with Crippen molar-refractivity contribution < 1.29 is 4.79 Å². The van der Waals surface area contributed by atoms with Gasteiger partial charge in [-0.3, -0.25) is 9.78 Å². The molecule has 1 N–H and O–H groups in total. The number of hydrogen-bond donors (Lipinski definition) is 1. The molecule has 1 atom stereocenters. The fourth-order valence-corrected chi connectivity index (χ4v) is 3.94. The van der Waals surface area contributed by atoms with Gasteiger partial charge in [-0.2, -0.15) is 0 Å². The lowest BCUT2D eigenvalue weighted by atomic mass is 9.91. The summed E-state index contributed by atoms with van der Waals surface area (Å²) < 4.78 is 0. The van der Waals surface area contributed by atoms with E-state index in [9.17, 15) is 4.79 Å². The fraction of sp³-hybridized carbons (Fsp3) is 0.429. The van der Waals surface area contributed by atoms with Gasteiger partial charge in [-0.25, -0.2) is 0 Å². The van der Waals surface area contributed by atoms with Crippen LogP contribution in [0.2, 0.25) is 0 Å². The summed E-state index contributed by atoms with van der Waals surface area (Å²) in [7, 11) is 0. The second-order valence-corrected chi connectivity index (χ2v) is 7.15. The fourth-order valence-electron chi connectivity index (χ4n) is 3.94. The highest BCUT2D eigenvalue weighted by Gasteiger charge is 2.23. The van der Waals surface area contributed by atoms with Crippen LogP contribution in [0, 0.1) is 0 Å². The number of piperazine rings is 1. The van der Waals surface area contributed by atoms with Gasteiger partial charge in [-0.15, -0.1) is 0 Å². The van der Waals surface area contributed by atoms with Gasteiger partial charge in [0.05, 0.1) is 0 Å². The maximum absolute atomic E-state index is 12.8. The number of carbonyl (C=O) groups excluding carboxylic acids is 1. The molecule has 0 saturated carbocycles. The molecule has 136 valence electrons. The van der Waals surface area contributed by atoms with Gasteiger partial charge in [-0.1, -0.05) is 12.1 Å². The number of nitrogens with zero attached hydrogens (tertiary/aromatic N) is 3. The van der Waals surface area contributed by atoms with Crippen molar-refractivity contribution in [1.82, 2.24) is 15.2 Å². The smallest absolute Gasteiger partial charge is 0.253 e. The van der Waals surface area contributed by atoms with Crippen molar-refractivity contribution in [3.63, 3.8) is 0 Å². The predicted octanol–water partition coefficient (Wildman–Crippen LogP) is 2.51. The molecule has 2 aromatic rings. The molecular weight excluding hydrogens is 324 g/mol. The summed E-state index contributed by atoms with van der Waals surface area (Å²) in [6, 6.07) is 12.3. The van der Waals surface area contributed by atoms with Crippen LogP contribution in [0.4, 0.5) is 5.69 Å². The monoisotopic (exact) mass is 350 g/mol. The standard InChI is InChI=1S/C21H26N4O/c26-21(18-5-3-17(4-6-18)19-2-1-9-23-16-19)25-14-12-24(13-15-25)20-7-10-22-11-8-20/h3-8,10-11,19,23H,1-2,9,12-16H2/t19-/m0/s1. The number of hydrogen-bond acceptors (Lipinski definition) is 4. The first-order chi connectivity index (χ1) is 12.8. The van der Waals surface area contributed by atoms with Gasteiger partial charge in [0.1, 0.15) is 0 Å². The van der Waals surface area contributed by atoms with Crippen molar-refractivity contribution in [2.24, 2.45) is 0 Å². The van der Waals surface area contributed by atoms with Crippen molar-refractivity contribution in [2.45, 2.75) is 18.8 Å². The molecule has 2 fully saturated rings. The largest absolute Gasteiger partial charge is 0.368 e. The van der Waals surface area contributed by atoms with Gasteiger partial charge in [0.25, 0.3) is 5.91 Å². The van der Waals surface area contributed by atoms with Crippen molar-refractivity contribution in [3.8, 4) is 0 Å².